The number of benzene rings is 1. The maximum atomic E-state index is 4.58. The van der Waals surface area contributed by atoms with Crippen molar-refractivity contribution in [2.24, 2.45) is 0 Å². The van der Waals surface area contributed by atoms with Crippen LogP contribution in [-0.4, -0.2) is 16.3 Å². The molecule has 3 rings (SSSR count). The molecule has 1 aliphatic heterocycles. The molecule has 1 atom stereocenters. The van der Waals surface area contributed by atoms with Crippen molar-refractivity contribution < 1.29 is 0 Å². The zero-order valence-corrected chi connectivity index (χ0v) is 10.3. The molecule has 1 unspecified atom stereocenters. The third kappa shape index (κ3) is 1.82. The fraction of sp³-hybridized carbons (Fsp3) is 0.357. The summed E-state index contributed by atoms with van der Waals surface area (Å²) in [6.45, 7) is 5.13. The number of hydrogen-bond donors (Lipinski definition) is 1. The van der Waals surface area contributed by atoms with Gasteiger partial charge in [-0.15, -0.1) is 0 Å². The van der Waals surface area contributed by atoms with Gasteiger partial charge in [-0.05, 0) is 38.0 Å². The molecule has 0 radical (unpaired) electrons. The van der Waals surface area contributed by atoms with Crippen molar-refractivity contribution in [2.75, 3.05) is 11.9 Å². The molecule has 0 saturated carbocycles. The number of hydrogen-bond acceptors (Lipinski definition) is 2. The second-order valence-corrected chi connectivity index (χ2v) is 4.77. The minimum absolute atomic E-state index is 0.429. The maximum absolute atomic E-state index is 4.58. The number of aromatic nitrogens is 2. The zero-order valence-electron chi connectivity index (χ0n) is 10.3. The summed E-state index contributed by atoms with van der Waals surface area (Å²) in [4.78, 5) is 0. The molecule has 3 nitrogen and oxygen atoms in total. The molecule has 2 aromatic rings. The number of para-hydroxylation sites is 1. The van der Waals surface area contributed by atoms with Gasteiger partial charge in [0.1, 0.15) is 0 Å². The highest BCUT2D eigenvalue weighted by Crippen LogP contribution is 2.27. The largest absolute Gasteiger partial charge is 0.383 e. The van der Waals surface area contributed by atoms with Crippen LogP contribution in [0.15, 0.2) is 30.3 Å². The number of fused-ring (bicyclic) bond motifs is 1. The molecule has 0 fully saturated rings. The van der Waals surface area contributed by atoms with Gasteiger partial charge in [-0.3, -0.25) is 4.68 Å². The Morgan fingerprint density at radius 3 is 2.88 bits per heavy atom. The molecule has 0 saturated heterocycles. The van der Waals surface area contributed by atoms with E-state index in [1.807, 2.05) is 6.92 Å². The van der Waals surface area contributed by atoms with Crippen LogP contribution in [-0.2, 0) is 6.42 Å². The minimum atomic E-state index is 0.429. The molecule has 0 amide bonds. The van der Waals surface area contributed by atoms with Gasteiger partial charge >= 0.3 is 0 Å². The van der Waals surface area contributed by atoms with E-state index >= 15 is 0 Å². The first-order valence-corrected chi connectivity index (χ1v) is 6.08. The van der Waals surface area contributed by atoms with Crippen molar-refractivity contribution in [1.29, 1.82) is 0 Å². The number of nitrogens with zero attached hydrogens (tertiary/aromatic N) is 2. The lowest BCUT2D eigenvalue weighted by Crippen LogP contribution is -2.27. The highest BCUT2D eigenvalue weighted by molar-refractivity contribution is 5.53. The summed E-state index contributed by atoms with van der Waals surface area (Å²) in [6.07, 6.45) is 1.06. The van der Waals surface area contributed by atoms with Crippen LogP contribution in [0.5, 0.6) is 0 Å². The van der Waals surface area contributed by atoms with Crippen molar-refractivity contribution in [2.45, 2.75) is 26.3 Å². The van der Waals surface area contributed by atoms with Gasteiger partial charge in [0, 0.05) is 17.9 Å². The number of rotatable bonds is 1. The molecule has 88 valence electrons. The lowest BCUT2D eigenvalue weighted by atomic mass is 10.00. The van der Waals surface area contributed by atoms with Gasteiger partial charge in [0.15, 0.2) is 0 Å². The zero-order chi connectivity index (χ0) is 11.8. The van der Waals surface area contributed by atoms with Gasteiger partial charge in [0.05, 0.1) is 11.7 Å². The van der Waals surface area contributed by atoms with Crippen molar-refractivity contribution >= 4 is 5.69 Å². The molecule has 17 heavy (non-hydrogen) atoms. The van der Waals surface area contributed by atoms with Crippen LogP contribution in [0.4, 0.5) is 5.69 Å². The average Bonchev–Trinajstić information content (AvgIpc) is 2.68. The number of nitrogens with one attached hydrogen (secondary N) is 1. The highest BCUT2D eigenvalue weighted by atomic mass is 15.3. The van der Waals surface area contributed by atoms with E-state index < -0.39 is 0 Å². The first-order valence-electron chi connectivity index (χ1n) is 6.08. The Balaban J connectivity index is 1.92. The lowest BCUT2D eigenvalue weighted by Gasteiger charge is -2.27. The fourth-order valence-electron chi connectivity index (χ4n) is 2.61. The molecular formula is C14H17N3. The summed E-state index contributed by atoms with van der Waals surface area (Å²) in [6, 6.07) is 11.1. The van der Waals surface area contributed by atoms with E-state index in [4.69, 9.17) is 0 Å². The quantitative estimate of drug-likeness (QED) is 0.811. The Hall–Kier alpha value is -1.77. The summed E-state index contributed by atoms with van der Waals surface area (Å²) >= 11 is 0. The van der Waals surface area contributed by atoms with Crippen molar-refractivity contribution in [1.82, 2.24) is 9.78 Å². The molecule has 1 N–H and O–H groups in total. The third-order valence-electron chi connectivity index (χ3n) is 3.39. The van der Waals surface area contributed by atoms with Gasteiger partial charge in [0.2, 0.25) is 0 Å². The van der Waals surface area contributed by atoms with Gasteiger partial charge in [-0.25, -0.2) is 0 Å². The Morgan fingerprint density at radius 1 is 1.29 bits per heavy atom. The third-order valence-corrected chi connectivity index (χ3v) is 3.39. The van der Waals surface area contributed by atoms with Crippen LogP contribution >= 0.6 is 0 Å². The van der Waals surface area contributed by atoms with E-state index in [0.29, 0.717) is 6.04 Å². The Labute approximate surface area is 101 Å². The van der Waals surface area contributed by atoms with Gasteiger partial charge < -0.3 is 5.32 Å². The monoisotopic (exact) mass is 227 g/mol. The molecule has 1 aliphatic rings. The maximum Gasteiger partial charge on any atom is 0.0735 e. The van der Waals surface area contributed by atoms with Crippen LogP contribution < -0.4 is 5.32 Å². The summed E-state index contributed by atoms with van der Waals surface area (Å²) in [5.74, 6) is 0. The van der Waals surface area contributed by atoms with E-state index in [0.717, 1.165) is 18.7 Å². The molecule has 0 bridgehead atoms. The van der Waals surface area contributed by atoms with Crippen molar-refractivity contribution in [3.63, 3.8) is 0 Å². The standard InChI is InChI=1S/C14H17N3/c1-10-7-11(2)17(16-10)13-8-12-5-3-4-6-14(12)15-9-13/h3-7,13,15H,8-9H2,1-2H3. The topological polar surface area (TPSA) is 29.9 Å². The predicted octanol–water partition coefficient (Wildman–Crippen LogP) is 2.71. The predicted molar refractivity (Wildman–Crippen MR) is 69.4 cm³/mol. The van der Waals surface area contributed by atoms with E-state index in [2.05, 4.69) is 52.4 Å². The second kappa shape index (κ2) is 3.91. The molecule has 0 aliphatic carbocycles. The Kier molecular flexibility index (Phi) is 2.39. The molecule has 1 aromatic heterocycles. The SMILES string of the molecule is Cc1cc(C)n(C2CNc3ccccc3C2)n1. The lowest BCUT2D eigenvalue weighted by molar-refractivity contribution is 0.450. The van der Waals surface area contributed by atoms with Crippen molar-refractivity contribution in [3.05, 3.63) is 47.3 Å². The Morgan fingerprint density at radius 2 is 2.12 bits per heavy atom. The highest BCUT2D eigenvalue weighted by Gasteiger charge is 2.20. The summed E-state index contributed by atoms with van der Waals surface area (Å²) in [7, 11) is 0. The van der Waals surface area contributed by atoms with Gasteiger partial charge in [0.25, 0.3) is 0 Å². The summed E-state index contributed by atoms with van der Waals surface area (Å²) in [5, 5.41) is 8.07. The van der Waals surface area contributed by atoms with Gasteiger partial charge in [-0.1, -0.05) is 18.2 Å². The van der Waals surface area contributed by atoms with E-state index in [9.17, 15) is 0 Å². The van der Waals surface area contributed by atoms with E-state index in [1.165, 1.54) is 16.9 Å². The normalized spacial score (nSPS) is 18.6. The fourth-order valence-corrected chi connectivity index (χ4v) is 2.61. The molecule has 2 heterocycles. The number of anilines is 1. The smallest absolute Gasteiger partial charge is 0.0735 e. The first kappa shape index (κ1) is 10.4. The van der Waals surface area contributed by atoms with E-state index in [1.54, 1.807) is 0 Å². The van der Waals surface area contributed by atoms with Crippen LogP contribution in [0.3, 0.4) is 0 Å². The van der Waals surface area contributed by atoms with Crippen LogP contribution in [0.25, 0.3) is 0 Å². The summed E-state index contributed by atoms with van der Waals surface area (Å²) in [5.41, 5.74) is 5.00. The van der Waals surface area contributed by atoms with Crippen LogP contribution in [0.1, 0.15) is 23.0 Å². The van der Waals surface area contributed by atoms with Crippen LogP contribution in [0.2, 0.25) is 0 Å². The minimum Gasteiger partial charge on any atom is -0.383 e. The second-order valence-electron chi connectivity index (χ2n) is 4.77. The van der Waals surface area contributed by atoms with Gasteiger partial charge in [-0.2, -0.15) is 5.10 Å². The molecule has 1 aromatic carbocycles. The average molecular weight is 227 g/mol. The molecular weight excluding hydrogens is 210 g/mol. The summed E-state index contributed by atoms with van der Waals surface area (Å²) < 4.78 is 2.15. The Bertz CT molecular complexity index is 542. The van der Waals surface area contributed by atoms with Crippen molar-refractivity contribution in [3.8, 4) is 0 Å². The van der Waals surface area contributed by atoms with E-state index in [-0.39, 0.29) is 0 Å². The molecule has 0 spiro atoms. The van der Waals surface area contributed by atoms with Crippen LogP contribution in [0, 0.1) is 13.8 Å². The molecule has 3 heteroatoms. The first-order chi connectivity index (χ1) is 8.24. The number of aryl methyl sites for hydroxylation is 2.